The van der Waals surface area contributed by atoms with Gasteiger partial charge in [0, 0.05) is 17.1 Å². The number of H-pyrrole nitrogens is 1. The average molecular weight is 457 g/mol. The predicted octanol–water partition coefficient (Wildman–Crippen LogP) is 0.888. The van der Waals surface area contributed by atoms with Crippen molar-refractivity contribution in [3.63, 3.8) is 0 Å². The van der Waals surface area contributed by atoms with Gasteiger partial charge in [-0.2, -0.15) is 0 Å². The Morgan fingerprint density at radius 1 is 1.09 bits per heavy atom. The number of carbonyl (C=O) groups excluding carboxylic acids is 1. The fraction of sp³-hybridized carbons (Fsp3) is 0.261. The van der Waals surface area contributed by atoms with E-state index in [9.17, 15) is 14.4 Å². The second-order valence-corrected chi connectivity index (χ2v) is 8.08. The Morgan fingerprint density at radius 3 is 2.38 bits per heavy atom. The molecule has 1 heterocycles. The van der Waals surface area contributed by atoms with Crippen LogP contribution in [0.3, 0.4) is 0 Å². The maximum Gasteiger partial charge on any atom is 0.330 e. The van der Waals surface area contributed by atoms with Crippen LogP contribution in [0.1, 0.15) is 18.1 Å². The van der Waals surface area contributed by atoms with Crippen molar-refractivity contribution in [2.45, 2.75) is 20.0 Å². The van der Waals surface area contributed by atoms with Crippen LogP contribution in [0.15, 0.2) is 64.2 Å². The molecule has 0 aliphatic rings. The second-order valence-electron chi connectivity index (χ2n) is 7.64. The monoisotopic (exact) mass is 456 g/mol. The molecule has 0 saturated heterocycles. The Balaban J connectivity index is 1.84. The van der Waals surface area contributed by atoms with Crippen LogP contribution in [-0.2, 0) is 17.9 Å². The number of amides is 1. The summed E-state index contributed by atoms with van der Waals surface area (Å²) in [5.74, 6) is -0.297. The first kappa shape index (κ1) is 23.3. The summed E-state index contributed by atoms with van der Waals surface area (Å²) >= 11 is 5.93. The number of nitrogens with two attached hydrogens (primary N) is 1. The van der Waals surface area contributed by atoms with Crippen LogP contribution < -0.4 is 26.8 Å². The third-order valence-electron chi connectivity index (χ3n) is 5.16. The lowest BCUT2D eigenvalue weighted by atomic mass is 10.2. The topological polar surface area (TPSA) is 106 Å². The van der Waals surface area contributed by atoms with E-state index < -0.39 is 11.2 Å². The molecule has 0 bridgehead atoms. The summed E-state index contributed by atoms with van der Waals surface area (Å²) in [6, 6.07) is 16.7. The molecule has 0 aliphatic heterocycles. The predicted molar refractivity (Wildman–Crippen MR) is 126 cm³/mol. The fourth-order valence-corrected chi connectivity index (χ4v) is 3.71. The first-order valence-electron chi connectivity index (χ1n) is 10.3. The van der Waals surface area contributed by atoms with E-state index in [-0.39, 0.29) is 37.0 Å². The van der Waals surface area contributed by atoms with Crippen LogP contribution in [0.4, 0.5) is 11.5 Å². The van der Waals surface area contributed by atoms with E-state index in [1.54, 1.807) is 19.1 Å². The number of hydrogen-bond acceptors (Lipinski definition) is 4. The quantitative estimate of drug-likeness (QED) is 0.468. The molecule has 1 amide bonds. The summed E-state index contributed by atoms with van der Waals surface area (Å²) in [6.45, 7) is 2.94. The number of aromatic amines is 1. The Labute approximate surface area is 190 Å². The van der Waals surface area contributed by atoms with Gasteiger partial charge in [0.15, 0.2) is 12.2 Å². The van der Waals surface area contributed by atoms with Gasteiger partial charge in [-0.1, -0.05) is 54.1 Å². The van der Waals surface area contributed by atoms with E-state index in [4.69, 9.17) is 17.3 Å². The summed E-state index contributed by atoms with van der Waals surface area (Å²) in [5, 5.41) is 0.653. The SMILES string of the molecule is CCN(C(=O)C[NH+](C)Cc1ccc(Cl)cc1)c1c(N)n(Cc2ccccc2)c(=O)[nH]c1=O. The van der Waals surface area contributed by atoms with Gasteiger partial charge in [-0.05, 0) is 24.6 Å². The highest BCUT2D eigenvalue weighted by Crippen LogP contribution is 2.17. The molecule has 1 unspecified atom stereocenters. The van der Waals surface area contributed by atoms with Crippen molar-refractivity contribution >= 4 is 29.0 Å². The molecule has 3 rings (SSSR count). The number of anilines is 2. The molecule has 3 aromatic rings. The van der Waals surface area contributed by atoms with Gasteiger partial charge >= 0.3 is 5.69 Å². The minimum absolute atomic E-state index is 0.00711. The maximum absolute atomic E-state index is 13.1. The smallest absolute Gasteiger partial charge is 0.330 e. The number of nitrogens with zero attached hydrogens (tertiary/aromatic N) is 2. The Morgan fingerprint density at radius 2 is 1.75 bits per heavy atom. The molecule has 1 atom stereocenters. The van der Waals surface area contributed by atoms with Crippen LogP contribution in [0.2, 0.25) is 5.02 Å². The molecule has 0 radical (unpaired) electrons. The number of hydrogen-bond donors (Lipinski definition) is 3. The molecule has 168 valence electrons. The van der Waals surface area contributed by atoms with E-state index in [2.05, 4.69) is 4.98 Å². The van der Waals surface area contributed by atoms with Gasteiger partial charge < -0.3 is 10.6 Å². The highest BCUT2D eigenvalue weighted by Gasteiger charge is 2.25. The Bertz CT molecular complexity index is 1190. The molecule has 4 N–H and O–H groups in total. The maximum atomic E-state index is 13.1. The fourth-order valence-electron chi connectivity index (χ4n) is 3.59. The van der Waals surface area contributed by atoms with E-state index in [0.29, 0.717) is 11.6 Å². The number of likely N-dealkylation sites (N-methyl/N-ethyl adjacent to an activating group) is 2. The summed E-state index contributed by atoms with van der Waals surface area (Å²) in [4.78, 5) is 42.7. The average Bonchev–Trinajstić information content (AvgIpc) is 2.76. The van der Waals surface area contributed by atoms with Crippen molar-refractivity contribution in [2.75, 3.05) is 30.8 Å². The van der Waals surface area contributed by atoms with Crippen LogP contribution in [-0.4, -0.2) is 35.6 Å². The minimum atomic E-state index is -0.678. The number of halogens is 1. The number of aromatic nitrogens is 2. The molecular weight excluding hydrogens is 430 g/mol. The van der Waals surface area contributed by atoms with Gasteiger partial charge in [0.1, 0.15) is 12.4 Å². The Hall–Kier alpha value is -3.36. The highest BCUT2D eigenvalue weighted by molar-refractivity contribution is 6.30. The van der Waals surface area contributed by atoms with E-state index in [0.717, 1.165) is 16.0 Å². The summed E-state index contributed by atoms with van der Waals surface area (Å²) in [5.41, 5.74) is 6.83. The third-order valence-corrected chi connectivity index (χ3v) is 5.41. The van der Waals surface area contributed by atoms with Crippen LogP contribution in [0.25, 0.3) is 0 Å². The van der Waals surface area contributed by atoms with Crippen molar-refractivity contribution in [3.8, 4) is 0 Å². The van der Waals surface area contributed by atoms with Crippen molar-refractivity contribution in [1.82, 2.24) is 9.55 Å². The van der Waals surface area contributed by atoms with Crippen molar-refractivity contribution < 1.29 is 9.69 Å². The number of quaternary nitrogens is 1. The van der Waals surface area contributed by atoms with Gasteiger partial charge in [-0.15, -0.1) is 0 Å². The molecule has 0 spiro atoms. The van der Waals surface area contributed by atoms with Gasteiger partial charge in [0.05, 0.1) is 13.6 Å². The largest absolute Gasteiger partial charge is 0.383 e. The molecular formula is C23H27ClN5O3+. The van der Waals surface area contributed by atoms with Gasteiger partial charge in [0.2, 0.25) is 0 Å². The van der Waals surface area contributed by atoms with Crippen molar-refractivity contribution in [2.24, 2.45) is 0 Å². The second kappa shape index (κ2) is 10.3. The molecule has 0 aliphatic carbocycles. The van der Waals surface area contributed by atoms with Crippen LogP contribution in [0, 0.1) is 0 Å². The first-order chi connectivity index (χ1) is 15.3. The summed E-state index contributed by atoms with van der Waals surface area (Å²) < 4.78 is 1.27. The third kappa shape index (κ3) is 5.46. The van der Waals surface area contributed by atoms with E-state index in [1.165, 1.54) is 9.47 Å². The zero-order valence-electron chi connectivity index (χ0n) is 18.1. The van der Waals surface area contributed by atoms with E-state index >= 15 is 0 Å². The number of nitrogen functional groups attached to an aromatic ring is 1. The van der Waals surface area contributed by atoms with Crippen LogP contribution >= 0.6 is 11.6 Å². The Kier molecular flexibility index (Phi) is 7.50. The lowest BCUT2D eigenvalue weighted by molar-refractivity contribution is -0.885. The lowest BCUT2D eigenvalue weighted by Crippen LogP contribution is -3.09. The molecule has 0 saturated carbocycles. The van der Waals surface area contributed by atoms with Gasteiger partial charge in [-0.25, -0.2) is 4.79 Å². The lowest BCUT2D eigenvalue weighted by Gasteiger charge is -2.24. The number of benzene rings is 2. The van der Waals surface area contributed by atoms with Gasteiger partial charge in [0.25, 0.3) is 11.5 Å². The molecule has 9 heteroatoms. The summed E-state index contributed by atoms with van der Waals surface area (Å²) in [7, 11) is 1.89. The molecule has 32 heavy (non-hydrogen) atoms. The van der Waals surface area contributed by atoms with E-state index in [1.807, 2.05) is 49.5 Å². The number of carbonyl (C=O) groups is 1. The standard InChI is InChI=1S/C23H26ClN5O3/c1-3-28(19(30)15-27(2)13-17-9-11-18(24)12-10-17)20-21(25)29(23(32)26-22(20)31)14-16-7-5-4-6-8-16/h4-12H,3,13-15,25H2,1-2H3,(H,26,31,32)/p+1. The number of rotatable bonds is 8. The molecule has 0 fully saturated rings. The normalized spacial score (nSPS) is 11.8. The molecule has 8 nitrogen and oxygen atoms in total. The zero-order valence-corrected chi connectivity index (χ0v) is 18.9. The van der Waals surface area contributed by atoms with Crippen LogP contribution in [0.5, 0.6) is 0 Å². The van der Waals surface area contributed by atoms with Gasteiger partial charge in [-0.3, -0.25) is 24.0 Å². The first-order valence-corrected chi connectivity index (χ1v) is 10.7. The zero-order chi connectivity index (χ0) is 23.3. The minimum Gasteiger partial charge on any atom is -0.383 e. The highest BCUT2D eigenvalue weighted by atomic mass is 35.5. The summed E-state index contributed by atoms with van der Waals surface area (Å²) in [6.07, 6.45) is 0. The molecule has 1 aromatic heterocycles. The van der Waals surface area contributed by atoms with Crippen molar-refractivity contribution in [3.05, 3.63) is 91.6 Å². The number of nitrogens with one attached hydrogen (secondary N) is 2. The van der Waals surface area contributed by atoms with Crippen molar-refractivity contribution in [1.29, 1.82) is 0 Å². The molecule has 2 aromatic carbocycles.